The van der Waals surface area contributed by atoms with E-state index in [0.29, 0.717) is 5.69 Å². The molecule has 2 rings (SSSR count). The predicted molar refractivity (Wildman–Crippen MR) is 68.9 cm³/mol. The molecule has 0 radical (unpaired) electrons. The zero-order valence-electron chi connectivity index (χ0n) is 9.42. The second-order valence-corrected chi connectivity index (χ2v) is 5.59. The summed E-state index contributed by atoms with van der Waals surface area (Å²) >= 11 is 1.90. The standard InChI is InChI=1S/C13H18FNS/c14-12-5-11(6-13(15)7-12)9-16-8-10-3-1-2-4-10/h5-7,10H,1-4,8-9,15H2. The number of nitrogens with two attached hydrogens (primary N) is 1. The van der Waals surface area contributed by atoms with Crippen LogP contribution < -0.4 is 5.73 Å². The first kappa shape index (κ1) is 11.8. The Hall–Kier alpha value is -0.700. The highest BCUT2D eigenvalue weighted by Crippen LogP contribution is 2.29. The highest BCUT2D eigenvalue weighted by atomic mass is 32.2. The second kappa shape index (κ2) is 5.58. The van der Waals surface area contributed by atoms with Crippen molar-refractivity contribution in [1.29, 1.82) is 0 Å². The topological polar surface area (TPSA) is 26.0 Å². The maximum Gasteiger partial charge on any atom is 0.125 e. The fraction of sp³-hybridized carbons (Fsp3) is 0.538. The minimum atomic E-state index is -0.225. The molecular formula is C13H18FNS. The normalized spacial score (nSPS) is 16.8. The quantitative estimate of drug-likeness (QED) is 0.808. The number of rotatable bonds is 4. The summed E-state index contributed by atoms with van der Waals surface area (Å²) in [6, 6.07) is 4.81. The van der Waals surface area contributed by atoms with Gasteiger partial charge in [-0.3, -0.25) is 0 Å². The van der Waals surface area contributed by atoms with Crippen LogP contribution in [0.4, 0.5) is 10.1 Å². The summed E-state index contributed by atoms with van der Waals surface area (Å²) in [7, 11) is 0. The molecule has 0 amide bonds. The summed E-state index contributed by atoms with van der Waals surface area (Å²) in [6.07, 6.45) is 5.52. The molecule has 0 aromatic heterocycles. The summed E-state index contributed by atoms with van der Waals surface area (Å²) in [5.74, 6) is 2.74. The number of hydrogen-bond acceptors (Lipinski definition) is 2. The monoisotopic (exact) mass is 239 g/mol. The Morgan fingerprint density at radius 2 is 2.00 bits per heavy atom. The van der Waals surface area contributed by atoms with E-state index in [1.54, 1.807) is 6.07 Å². The Morgan fingerprint density at radius 3 is 2.69 bits per heavy atom. The third-order valence-corrected chi connectivity index (χ3v) is 4.32. The van der Waals surface area contributed by atoms with Crippen LogP contribution >= 0.6 is 11.8 Å². The van der Waals surface area contributed by atoms with Crippen LogP contribution in [0.1, 0.15) is 31.2 Å². The van der Waals surface area contributed by atoms with Crippen molar-refractivity contribution in [3.8, 4) is 0 Å². The molecule has 0 aliphatic heterocycles. The lowest BCUT2D eigenvalue weighted by Crippen LogP contribution is -1.97. The molecule has 1 nitrogen and oxygen atoms in total. The molecule has 0 spiro atoms. The van der Waals surface area contributed by atoms with Crippen molar-refractivity contribution in [1.82, 2.24) is 0 Å². The lowest BCUT2D eigenvalue weighted by molar-refractivity contribution is 0.622. The third-order valence-electron chi connectivity index (χ3n) is 3.08. The van der Waals surface area contributed by atoms with E-state index in [9.17, 15) is 4.39 Å². The molecule has 0 saturated heterocycles. The molecule has 88 valence electrons. The van der Waals surface area contributed by atoms with Crippen molar-refractivity contribution in [2.75, 3.05) is 11.5 Å². The minimum absolute atomic E-state index is 0.225. The van der Waals surface area contributed by atoms with Gasteiger partial charge in [0.15, 0.2) is 0 Å². The van der Waals surface area contributed by atoms with Crippen LogP contribution in [0.15, 0.2) is 18.2 Å². The zero-order valence-corrected chi connectivity index (χ0v) is 10.2. The molecule has 1 saturated carbocycles. The molecule has 0 bridgehead atoms. The van der Waals surface area contributed by atoms with E-state index in [1.165, 1.54) is 37.5 Å². The molecule has 16 heavy (non-hydrogen) atoms. The molecule has 1 aliphatic rings. The zero-order chi connectivity index (χ0) is 11.4. The highest BCUT2D eigenvalue weighted by molar-refractivity contribution is 7.98. The first-order chi connectivity index (χ1) is 7.74. The number of thioether (sulfide) groups is 1. The highest BCUT2D eigenvalue weighted by Gasteiger charge is 2.14. The summed E-state index contributed by atoms with van der Waals surface area (Å²) in [5.41, 5.74) is 7.13. The van der Waals surface area contributed by atoms with Crippen LogP contribution in [-0.2, 0) is 5.75 Å². The fourth-order valence-corrected chi connectivity index (χ4v) is 3.47. The molecule has 1 aromatic carbocycles. The number of benzene rings is 1. The molecular weight excluding hydrogens is 221 g/mol. The van der Waals surface area contributed by atoms with Crippen LogP contribution in [0.2, 0.25) is 0 Å². The Bertz CT molecular complexity index is 328. The minimum Gasteiger partial charge on any atom is -0.399 e. The van der Waals surface area contributed by atoms with E-state index in [1.807, 2.05) is 17.8 Å². The van der Waals surface area contributed by atoms with E-state index in [2.05, 4.69) is 0 Å². The van der Waals surface area contributed by atoms with Gasteiger partial charge in [0.05, 0.1) is 0 Å². The van der Waals surface area contributed by atoms with Crippen molar-refractivity contribution in [3.63, 3.8) is 0 Å². The Balaban J connectivity index is 1.80. The summed E-state index contributed by atoms with van der Waals surface area (Å²) in [4.78, 5) is 0. The van der Waals surface area contributed by atoms with Gasteiger partial charge in [-0.1, -0.05) is 12.8 Å². The molecule has 0 atom stereocenters. The fourth-order valence-electron chi connectivity index (χ4n) is 2.28. The van der Waals surface area contributed by atoms with Gasteiger partial charge in [-0.25, -0.2) is 4.39 Å². The third kappa shape index (κ3) is 3.41. The van der Waals surface area contributed by atoms with Gasteiger partial charge < -0.3 is 5.73 Å². The molecule has 1 fully saturated rings. The number of halogens is 1. The Morgan fingerprint density at radius 1 is 1.25 bits per heavy atom. The van der Waals surface area contributed by atoms with Crippen LogP contribution in [0.3, 0.4) is 0 Å². The van der Waals surface area contributed by atoms with E-state index >= 15 is 0 Å². The predicted octanol–water partition coefficient (Wildman–Crippen LogP) is 3.83. The van der Waals surface area contributed by atoms with E-state index in [0.717, 1.165) is 17.2 Å². The van der Waals surface area contributed by atoms with Gasteiger partial charge in [-0.05, 0) is 48.3 Å². The van der Waals surface area contributed by atoms with Crippen molar-refractivity contribution in [3.05, 3.63) is 29.6 Å². The molecule has 3 heteroatoms. The van der Waals surface area contributed by atoms with Crippen LogP contribution in [0, 0.1) is 11.7 Å². The van der Waals surface area contributed by atoms with E-state index < -0.39 is 0 Å². The molecule has 2 N–H and O–H groups in total. The van der Waals surface area contributed by atoms with Gasteiger partial charge in [0, 0.05) is 11.4 Å². The number of hydrogen-bond donors (Lipinski definition) is 1. The van der Waals surface area contributed by atoms with Gasteiger partial charge in [0.2, 0.25) is 0 Å². The SMILES string of the molecule is Nc1cc(F)cc(CSCC2CCCC2)c1. The van der Waals surface area contributed by atoms with Gasteiger partial charge in [0.25, 0.3) is 0 Å². The average Bonchev–Trinajstić information content (AvgIpc) is 2.69. The first-order valence-electron chi connectivity index (χ1n) is 5.87. The van der Waals surface area contributed by atoms with E-state index in [-0.39, 0.29) is 5.82 Å². The maximum atomic E-state index is 13.1. The molecule has 1 aromatic rings. The second-order valence-electron chi connectivity index (χ2n) is 4.56. The van der Waals surface area contributed by atoms with Crippen LogP contribution in [0.25, 0.3) is 0 Å². The average molecular weight is 239 g/mol. The number of anilines is 1. The van der Waals surface area contributed by atoms with Crippen LogP contribution in [-0.4, -0.2) is 5.75 Å². The van der Waals surface area contributed by atoms with E-state index in [4.69, 9.17) is 5.73 Å². The van der Waals surface area contributed by atoms with Crippen molar-refractivity contribution in [2.45, 2.75) is 31.4 Å². The van der Waals surface area contributed by atoms with Crippen molar-refractivity contribution >= 4 is 17.4 Å². The summed E-state index contributed by atoms with van der Waals surface area (Å²) in [6.45, 7) is 0. The lowest BCUT2D eigenvalue weighted by Gasteiger charge is -2.08. The maximum absolute atomic E-state index is 13.1. The molecule has 1 aliphatic carbocycles. The molecule has 0 heterocycles. The van der Waals surface area contributed by atoms with Gasteiger partial charge in [-0.2, -0.15) is 11.8 Å². The summed E-state index contributed by atoms with van der Waals surface area (Å²) in [5, 5.41) is 0. The van der Waals surface area contributed by atoms with Crippen molar-refractivity contribution < 1.29 is 4.39 Å². The Kier molecular flexibility index (Phi) is 4.10. The lowest BCUT2D eigenvalue weighted by atomic mass is 10.1. The van der Waals surface area contributed by atoms with Crippen LogP contribution in [0.5, 0.6) is 0 Å². The number of nitrogen functional groups attached to an aromatic ring is 1. The van der Waals surface area contributed by atoms with Gasteiger partial charge >= 0.3 is 0 Å². The van der Waals surface area contributed by atoms with Gasteiger partial charge in [-0.15, -0.1) is 0 Å². The van der Waals surface area contributed by atoms with Crippen molar-refractivity contribution in [2.24, 2.45) is 5.92 Å². The van der Waals surface area contributed by atoms with Gasteiger partial charge in [0.1, 0.15) is 5.82 Å². The first-order valence-corrected chi connectivity index (χ1v) is 7.02. The summed E-state index contributed by atoms with van der Waals surface area (Å²) < 4.78 is 13.1. The smallest absolute Gasteiger partial charge is 0.125 e. The largest absolute Gasteiger partial charge is 0.399 e. The molecule has 0 unspecified atom stereocenters. The Labute approximate surface area is 101 Å².